The maximum atomic E-state index is 12.0. The van der Waals surface area contributed by atoms with Crippen LogP contribution >= 0.6 is 0 Å². The topological polar surface area (TPSA) is 9.23 Å². The summed E-state index contributed by atoms with van der Waals surface area (Å²) in [5.41, 5.74) is 1.18. The molecule has 1 rings (SSSR count). The standard InChI is InChI=1S/C14H20F2O/c1-9(2)13(10(3)4)11-5-7-12(8-6-11)17-14(15)16/h5-10,13-14H,1-4H3. The van der Waals surface area contributed by atoms with E-state index >= 15 is 0 Å². The molecule has 0 fully saturated rings. The highest BCUT2D eigenvalue weighted by atomic mass is 19.3. The molecule has 96 valence electrons. The van der Waals surface area contributed by atoms with E-state index in [1.807, 2.05) is 12.1 Å². The van der Waals surface area contributed by atoms with Crippen molar-refractivity contribution in [1.29, 1.82) is 0 Å². The Bertz CT molecular complexity index is 323. The summed E-state index contributed by atoms with van der Waals surface area (Å²) >= 11 is 0. The molecule has 0 saturated carbocycles. The second-order valence-electron chi connectivity index (χ2n) is 4.96. The Morgan fingerprint density at radius 1 is 0.882 bits per heavy atom. The van der Waals surface area contributed by atoms with E-state index in [0.717, 1.165) is 0 Å². The summed E-state index contributed by atoms with van der Waals surface area (Å²) in [5.74, 6) is 1.71. The van der Waals surface area contributed by atoms with Crippen molar-refractivity contribution in [2.45, 2.75) is 40.2 Å². The minimum atomic E-state index is -2.76. The highest BCUT2D eigenvalue weighted by Gasteiger charge is 2.19. The molecule has 17 heavy (non-hydrogen) atoms. The zero-order chi connectivity index (χ0) is 13.0. The summed E-state index contributed by atoms with van der Waals surface area (Å²) in [4.78, 5) is 0. The fourth-order valence-corrected chi connectivity index (χ4v) is 2.41. The Kier molecular flexibility index (Phi) is 4.91. The molecule has 0 aliphatic carbocycles. The third-order valence-electron chi connectivity index (χ3n) is 2.93. The molecule has 0 amide bonds. The van der Waals surface area contributed by atoms with E-state index < -0.39 is 6.61 Å². The van der Waals surface area contributed by atoms with E-state index in [0.29, 0.717) is 17.8 Å². The van der Waals surface area contributed by atoms with Crippen LogP contribution in [0.2, 0.25) is 0 Å². The van der Waals surface area contributed by atoms with Gasteiger partial charge in [-0.1, -0.05) is 39.8 Å². The van der Waals surface area contributed by atoms with Crippen LogP contribution in [0, 0.1) is 11.8 Å². The molecule has 3 heteroatoms. The van der Waals surface area contributed by atoms with Crippen LogP contribution in [0.15, 0.2) is 24.3 Å². The van der Waals surface area contributed by atoms with Gasteiger partial charge in [-0.05, 0) is 35.4 Å². The van der Waals surface area contributed by atoms with Crippen molar-refractivity contribution >= 4 is 0 Å². The molecule has 0 aliphatic heterocycles. The summed E-state index contributed by atoms with van der Waals surface area (Å²) < 4.78 is 28.4. The molecule has 0 spiro atoms. The monoisotopic (exact) mass is 242 g/mol. The van der Waals surface area contributed by atoms with Crippen molar-refractivity contribution < 1.29 is 13.5 Å². The molecular weight excluding hydrogens is 222 g/mol. The molecule has 0 aliphatic rings. The van der Waals surface area contributed by atoms with Gasteiger partial charge in [-0.2, -0.15) is 8.78 Å². The van der Waals surface area contributed by atoms with Crippen LogP contribution in [-0.2, 0) is 0 Å². The van der Waals surface area contributed by atoms with Crippen molar-refractivity contribution in [3.8, 4) is 5.75 Å². The first-order valence-electron chi connectivity index (χ1n) is 5.96. The van der Waals surface area contributed by atoms with Crippen LogP contribution in [0.25, 0.3) is 0 Å². The highest BCUT2D eigenvalue weighted by molar-refractivity contribution is 5.30. The molecule has 0 atom stereocenters. The average molecular weight is 242 g/mol. The van der Waals surface area contributed by atoms with E-state index in [-0.39, 0.29) is 5.75 Å². The van der Waals surface area contributed by atoms with Gasteiger partial charge in [0.25, 0.3) is 0 Å². The predicted molar refractivity (Wildman–Crippen MR) is 65.5 cm³/mol. The van der Waals surface area contributed by atoms with Gasteiger partial charge in [0.2, 0.25) is 0 Å². The van der Waals surface area contributed by atoms with Crippen molar-refractivity contribution in [1.82, 2.24) is 0 Å². The molecule has 0 bridgehead atoms. The van der Waals surface area contributed by atoms with Gasteiger partial charge < -0.3 is 4.74 Å². The third kappa shape index (κ3) is 3.99. The smallest absolute Gasteiger partial charge is 0.387 e. The van der Waals surface area contributed by atoms with Crippen molar-refractivity contribution in [2.75, 3.05) is 0 Å². The lowest BCUT2D eigenvalue weighted by Gasteiger charge is -2.25. The van der Waals surface area contributed by atoms with E-state index in [2.05, 4.69) is 32.4 Å². The minimum Gasteiger partial charge on any atom is -0.435 e. The Balaban J connectivity index is 2.85. The first-order valence-corrected chi connectivity index (χ1v) is 5.96. The molecule has 1 aromatic rings. The van der Waals surface area contributed by atoms with Crippen LogP contribution < -0.4 is 4.74 Å². The second kappa shape index (κ2) is 5.99. The summed E-state index contributed by atoms with van der Waals surface area (Å²) in [6, 6.07) is 6.98. The normalized spacial score (nSPS) is 11.9. The highest BCUT2D eigenvalue weighted by Crippen LogP contribution is 2.32. The SMILES string of the molecule is CC(C)C(c1ccc(OC(F)F)cc1)C(C)C. The largest absolute Gasteiger partial charge is 0.435 e. The van der Waals surface area contributed by atoms with E-state index in [9.17, 15) is 8.78 Å². The summed E-state index contributed by atoms with van der Waals surface area (Å²) in [7, 11) is 0. The molecule has 1 aromatic carbocycles. The zero-order valence-electron chi connectivity index (χ0n) is 10.8. The first-order chi connectivity index (χ1) is 7.91. The number of halogens is 2. The van der Waals surface area contributed by atoms with E-state index in [1.54, 1.807) is 12.1 Å². The maximum absolute atomic E-state index is 12.0. The van der Waals surface area contributed by atoms with Crippen LogP contribution in [0.4, 0.5) is 8.78 Å². The molecule has 1 nitrogen and oxygen atoms in total. The lowest BCUT2D eigenvalue weighted by molar-refractivity contribution is -0.0498. The maximum Gasteiger partial charge on any atom is 0.387 e. The van der Waals surface area contributed by atoms with Gasteiger partial charge >= 0.3 is 6.61 Å². The van der Waals surface area contributed by atoms with E-state index in [4.69, 9.17) is 0 Å². The fraction of sp³-hybridized carbons (Fsp3) is 0.571. The number of rotatable bonds is 5. The van der Waals surface area contributed by atoms with Crippen LogP contribution in [0.3, 0.4) is 0 Å². The van der Waals surface area contributed by atoms with Crippen molar-refractivity contribution in [3.63, 3.8) is 0 Å². The predicted octanol–water partition coefficient (Wildman–Crippen LogP) is 4.68. The summed E-state index contributed by atoms with van der Waals surface area (Å²) in [6.45, 7) is 5.94. The molecule has 0 radical (unpaired) electrons. The molecule has 0 unspecified atom stereocenters. The number of hydrogen-bond acceptors (Lipinski definition) is 1. The van der Waals surface area contributed by atoms with Crippen molar-refractivity contribution in [2.24, 2.45) is 11.8 Å². The van der Waals surface area contributed by atoms with Gasteiger partial charge in [0.1, 0.15) is 5.75 Å². The average Bonchev–Trinajstić information content (AvgIpc) is 2.18. The van der Waals surface area contributed by atoms with Gasteiger partial charge in [-0.15, -0.1) is 0 Å². The van der Waals surface area contributed by atoms with Gasteiger partial charge in [0.15, 0.2) is 0 Å². The first kappa shape index (κ1) is 13.9. The molecule has 0 heterocycles. The van der Waals surface area contributed by atoms with Gasteiger partial charge in [-0.25, -0.2) is 0 Å². The van der Waals surface area contributed by atoms with Gasteiger partial charge in [-0.3, -0.25) is 0 Å². The second-order valence-corrected chi connectivity index (χ2v) is 4.96. The van der Waals surface area contributed by atoms with Crippen LogP contribution in [-0.4, -0.2) is 6.61 Å². The molecule has 0 aromatic heterocycles. The Morgan fingerprint density at radius 2 is 1.35 bits per heavy atom. The number of hydrogen-bond donors (Lipinski definition) is 0. The van der Waals surface area contributed by atoms with Gasteiger partial charge in [0, 0.05) is 0 Å². The summed E-state index contributed by atoms with van der Waals surface area (Å²) in [5, 5.41) is 0. The van der Waals surface area contributed by atoms with Crippen LogP contribution in [0.1, 0.15) is 39.2 Å². The lowest BCUT2D eigenvalue weighted by atomic mass is 9.80. The number of alkyl halides is 2. The minimum absolute atomic E-state index is 0.218. The quantitative estimate of drug-likeness (QED) is 0.728. The van der Waals surface area contributed by atoms with Crippen LogP contribution in [0.5, 0.6) is 5.75 Å². The van der Waals surface area contributed by atoms with Crippen molar-refractivity contribution in [3.05, 3.63) is 29.8 Å². The Labute approximate surface area is 102 Å². The van der Waals surface area contributed by atoms with Gasteiger partial charge in [0.05, 0.1) is 0 Å². The number of ether oxygens (including phenoxy) is 1. The molecule has 0 saturated heterocycles. The van der Waals surface area contributed by atoms with E-state index in [1.165, 1.54) is 5.56 Å². The molecular formula is C14H20F2O. The fourth-order valence-electron chi connectivity index (χ4n) is 2.41. The zero-order valence-corrected chi connectivity index (χ0v) is 10.8. The lowest BCUT2D eigenvalue weighted by Crippen LogP contribution is -2.13. The number of benzene rings is 1. The molecule has 0 N–H and O–H groups in total. The third-order valence-corrected chi connectivity index (χ3v) is 2.93. The Hall–Kier alpha value is -1.12. The Morgan fingerprint density at radius 3 is 1.71 bits per heavy atom. The summed E-state index contributed by atoms with van der Waals surface area (Å²) in [6.07, 6.45) is 0.